The third-order valence-electron chi connectivity index (χ3n) is 17.8. The summed E-state index contributed by atoms with van der Waals surface area (Å²) in [6.07, 6.45) is -18.6. The van der Waals surface area contributed by atoms with E-state index >= 15 is 14.4 Å². The van der Waals surface area contributed by atoms with Crippen molar-refractivity contribution in [3.8, 4) is 57.1 Å². The van der Waals surface area contributed by atoms with E-state index in [0.29, 0.717) is 0 Å². The van der Waals surface area contributed by atoms with Gasteiger partial charge in [-0.05, 0) is 110 Å². The normalized spacial score (nSPS) is 29.4. The summed E-state index contributed by atoms with van der Waals surface area (Å²) in [6.45, 7) is 5.66. The highest BCUT2D eigenvalue weighted by molar-refractivity contribution is 6.32. The highest BCUT2D eigenvalue weighted by atomic mass is 35.5. The molecule has 7 aliphatic rings. The maximum Gasteiger partial charge on any atom is 0.330 e. The molecule has 0 aliphatic carbocycles. The molecule has 0 aromatic heterocycles. The molecule has 2 fully saturated rings. The number of fused-ring (bicyclic) bond motifs is 15. The topological polar surface area (TPSA) is 530 Å². The molecule has 7 heterocycles. The van der Waals surface area contributed by atoms with E-state index in [4.69, 9.17) is 63.1 Å². The Morgan fingerprint density at radius 1 is 0.713 bits per heavy atom. The van der Waals surface area contributed by atoms with Crippen molar-refractivity contribution < 1.29 is 118 Å². The number of carbonyl (C=O) groups excluding carboxylic acids is 7. The van der Waals surface area contributed by atoms with Gasteiger partial charge in [0.25, 0.3) is 0 Å². The minimum absolute atomic E-state index is 0.0975. The maximum absolute atomic E-state index is 16.0. The van der Waals surface area contributed by atoms with Crippen LogP contribution in [-0.2, 0) is 52.6 Å². The Kier molecular flexibility index (Phi) is 22.2. The van der Waals surface area contributed by atoms with E-state index in [1.807, 2.05) is 13.8 Å². The number of carbonyl (C=O) groups is 8. The smallest absolute Gasteiger partial charge is 0.330 e. The molecule has 5 aromatic rings. The predicted octanol–water partition coefficient (Wildman–Crippen LogP) is 0.106. The summed E-state index contributed by atoms with van der Waals surface area (Å²) in [6, 6.07) is -0.679. The Balaban J connectivity index is 1.24. The molecule has 0 radical (unpaired) electrons. The molecule has 2 saturated heterocycles. The second kappa shape index (κ2) is 30.2. The van der Waals surface area contributed by atoms with Crippen LogP contribution in [0.2, 0.25) is 10.0 Å². The van der Waals surface area contributed by atoms with Gasteiger partial charge in [-0.25, -0.2) is 4.79 Å². The Morgan fingerprint density at radius 3 is 1.90 bits per heavy atom. The number of phenolic OH excluding ortho intramolecular Hbond substituents is 3. The molecule has 7 amide bonds. The van der Waals surface area contributed by atoms with Gasteiger partial charge in [0.15, 0.2) is 29.9 Å². The number of phenols is 3. The quantitative estimate of drug-likeness (QED) is 0.0743. The average molecular weight is 1450 g/mol. The predicted molar refractivity (Wildman–Crippen MR) is 349 cm³/mol. The molecular formula is C66H75Cl2N9O24. The summed E-state index contributed by atoms with van der Waals surface area (Å²) in [5, 5.41) is 131. The molecule has 7 aliphatic heterocycles. The number of likely N-dealkylation sites (N-methyl/N-ethyl adjacent to an activating group) is 1. The SMILES string of the molecule is CN[C@H](CC(C)C)C(=O)N[C@H]1C(=O)N[C@@H](CC(N)=O)C(=O)N[C@H]2C(=O)N[C@H]3C(=O)N[C@H](C(=O)NC(C(=O)O)c4cc(O)cc(O)c4-c4cc3ccc4O)[C@H](O)c3ccc(c(Cl)c3)Oc3cc2cc(c3OC2OC(CO)C(O)C(O)C2OC2CC(C)(N)C(O)C(C)O2)Oc2ccc(cc2Cl)[C@H]1O. The Labute approximate surface area is 584 Å². The summed E-state index contributed by atoms with van der Waals surface area (Å²) in [5.41, 5.74) is 8.00. The number of carboxylic acid groups (broad SMARTS) is 1. The number of aliphatic carboxylic acids is 1. The van der Waals surface area contributed by atoms with Crippen molar-refractivity contribution in [3.63, 3.8) is 0 Å². The van der Waals surface area contributed by atoms with Crippen LogP contribution in [0, 0.1) is 5.92 Å². The third-order valence-corrected chi connectivity index (χ3v) is 18.4. The molecule has 0 saturated carbocycles. The molecule has 18 atom stereocenters. The van der Waals surface area contributed by atoms with E-state index in [0.717, 1.165) is 66.7 Å². The lowest BCUT2D eigenvalue weighted by molar-refractivity contribution is -0.333. The summed E-state index contributed by atoms with van der Waals surface area (Å²) in [5.74, 6) is -16.0. The molecular weight excluding hydrogens is 1370 g/mol. The van der Waals surface area contributed by atoms with Crippen molar-refractivity contribution in [2.24, 2.45) is 17.4 Å². The molecule has 11 bridgehead atoms. The van der Waals surface area contributed by atoms with Crippen molar-refractivity contribution in [1.29, 1.82) is 0 Å². The van der Waals surface area contributed by atoms with Gasteiger partial charge in [-0.3, -0.25) is 33.6 Å². The Hall–Kier alpha value is -9.20. The molecule has 10 unspecified atom stereocenters. The number of amides is 7. The number of halogens is 2. The number of aromatic hydroxyl groups is 3. The maximum atomic E-state index is 16.0. The van der Waals surface area contributed by atoms with Gasteiger partial charge in [-0.2, -0.15) is 0 Å². The van der Waals surface area contributed by atoms with E-state index in [2.05, 4.69) is 37.2 Å². The number of aliphatic hydroxyl groups excluding tert-OH is 6. The first kappa shape index (κ1) is 74.5. The van der Waals surface area contributed by atoms with Crippen molar-refractivity contribution in [2.45, 2.75) is 156 Å². The number of carboxylic acids is 1. The molecule has 12 rings (SSSR count). The zero-order valence-electron chi connectivity index (χ0n) is 54.3. The first-order chi connectivity index (χ1) is 47.7. The highest BCUT2D eigenvalue weighted by Gasteiger charge is 2.51. The van der Waals surface area contributed by atoms with E-state index in [1.54, 1.807) is 0 Å². The zero-order valence-corrected chi connectivity index (χ0v) is 55.8. The fourth-order valence-corrected chi connectivity index (χ4v) is 12.9. The van der Waals surface area contributed by atoms with Crippen LogP contribution in [0.4, 0.5) is 0 Å². The van der Waals surface area contributed by atoms with E-state index < -0.39 is 237 Å². The van der Waals surface area contributed by atoms with Gasteiger partial charge in [0.2, 0.25) is 53.4 Å². The number of hydrogen-bond donors (Lipinski definition) is 19. The monoisotopic (exact) mass is 1450 g/mol. The van der Waals surface area contributed by atoms with Gasteiger partial charge in [-0.1, -0.05) is 55.2 Å². The fourth-order valence-electron chi connectivity index (χ4n) is 12.5. The van der Waals surface area contributed by atoms with Gasteiger partial charge >= 0.3 is 5.97 Å². The minimum atomic E-state index is -2.35. The van der Waals surface area contributed by atoms with Crippen LogP contribution in [0.1, 0.15) is 105 Å². The first-order valence-corrected chi connectivity index (χ1v) is 32.4. The Bertz CT molecular complexity index is 4070. The lowest BCUT2D eigenvalue weighted by Crippen LogP contribution is -2.64. The Morgan fingerprint density at radius 2 is 1.32 bits per heavy atom. The van der Waals surface area contributed by atoms with Gasteiger partial charge in [0.05, 0.1) is 41.3 Å². The van der Waals surface area contributed by atoms with Crippen LogP contribution >= 0.6 is 23.2 Å². The summed E-state index contributed by atoms with van der Waals surface area (Å²) < 4.78 is 38.3. The van der Waals surface area contributed by atoms with Crippen LogP contribution in [0.15, 0.2) is 78.9 Å². The standard InChI is InChI=1S/C66H75Cl2N9O24/c1-23(2)12-34(71-5)58(88)76-49-51(83)26-7-10-38(32(67)14-26)97-40-16-28-17-41(55(40)101-65-56(54(86)53(85)42(22-78)99-65)100-44-21-66(4,70)57(87)24(3)96-44)98-39-11-8-27(15-33(39)68)52(84)50-63(93)75-48(64(94)95)31-18-29(79)19-37(81)45(31)30-13-25(6-9-36(30)80)46(60(90)77-50)74-61(91)47(28)73-59(89)35(20-43(69)82)72-62(49)92/h6-11,13-19,23-24,34-35,42,44,46-54,56-57,65,71,78-81,83-87H,12,20-22,70H2,1-5H3,(H2,69,82)(H,72,92)(H,73,89)(H,74,91)(H,75,93)(H,76,88)(H,77,90)(H,94,95)/t24?,34-,35+,42?,44?,46-,47-,48?,49-,50+,51-,52-,53?,54?,56?,57?,65?,66?/m1/s1. The van der Waals surface area contributed by atoms with Crippen LogP contribution in [-0.4, -0.2) is 191 Å². The third kappa shape index (κ3) is 15.8. The van der Waals surface area contributed by atoms with E-state index in [-0.39, 0.29) is 46.2 Å². The van der Waals surface area contributed by atoms with Crippen LogP contribution in [0.25, 0.3) is 11.1 Å². The molecule has 101 heavy (non-hydrogen) atoms. The molecule has 33 nitrogen and oxygen atoms in total. The zero-order chi connectivity index (χ0) is 73.5. The second-order valence-corrected chi connectivity index (χ2v) is 26.5. The number of primary amides is 1. The number of ether oxygens (including phenoxy) is 6. The van der Waals surface area contributed by atoms with Crippen LogP contribution < -0.4 is 62.9 Å². The molecule has 35 heteroatoms. The number of hydrogen-bond acceptors (Lipinski definition) is 25. The number of nitrogens with one attached hydrogen (secondary N) is 7. The van der Waals surface area contributed by atoms with Gasteiger partial charge in [-0.15, -0.1) is 0 Å². The van der Waals surface area contributed by atoms with Gasteiger partial charge in [0, 0.05) is 34.7 Å². The molecule has 542 valence electrons. The van der Waals surface area contributed by atoms with Crippen LogP contribution in [0.3, 0.4) is 0 Å². The van der Waals surface area contributed by atoms with Crippen LogP contribution in [0.5, 0.6) is 46.0 Å². The second-order valence-electron chi connectivity index (χ2n) is 25.7. The first-order valence-electron chi connectivity index (χ1n) is 31.6. The van der Waals surface area contributed by atoms with Crippen molar-refractivity contribution in [2.75, 3.05) is 13.7 Å². The lowest BCUT2D eigenvalue weighted by Gasteiger charge is -2.47. The van der Waals surface area contributed by atoms with E-state index in [1.165, 1.54) is 33.0 Å². The average Bonchev–Trinajstić information content (AvgIpc) is 0.775. The van der Waals surface area contributed by atoms with E-state index in [9.17, 15) is 75.0 Å². The lowest BCUT2D eigenvalue weighted by atomic mass is 9.86. The summed E-state index contributed by atoms with van der Waals surface area (Å²) >= 11 is 14.1. The molecule has 21 N–H and O–H groups in total. The molecule has 0 spiro atoms. The van der Waals surface area contributed by atoms with Crippen molar-refractivity contribution in [3.05, 3.63) is 117 Å². The van der Waals surface area contributed by atoms with Gasteiger partial charge in [0.1, 0.15) is 89.5 Å². The number of aliphatic hydroxyl groups is 6. The fraction of sp³-hybridized carbons (Fsp3) is 0.424. The number of rotatable bonds is 13. The van der Waals surface area contributed by atoms with Gasteiger partial charge < -0.3 is 128 Å². The number of nitrogens with two attached hydrogens (primary N) is 2. The minimum Gasteiger partial charge on any atom is -0.508 e. The number of benzene rings is 5. The van der Waals surface area contributed by atoms with Crippen molar-refractivity contribution >= 4 is 70.5 Å². The summed E-state index contributed by atoms with van der Waals surface area (Å²) in [7, 11) is 1.47. The highest BCUT2D eigenvalue weighted by Crippen LogP contribution is 2.50. The van der Waals surface area contributed by atoms with Crippen molar-refractivity contribution in [1.82, 2.24) is 37.2 Å². The molecule has 5 aromatic carbocycles. The summed E-state index contributed by atoms with van der Waals surface area (Å²) in [4.78, 5) is 117. The largest absolute Gasteiger partial charge is 0.508 e.